The summed E-state index contributed by atoms with van der Waals surface area (Å²) in [7, 11) is 0. The predicted molar refractivity (Wildman–Crippen MR) is 139 cm³/mol. The van der Waals surface area contributed by atoms with Crippen molar-refractivity contribution in [1.29, 1.82) is 0 Å². The number of ether oxygens (including phenoxy) is 1. The monoisotopic (exact) mass is 485 g/mol. The number of nitrogens with zero attached hydrogens (tertiary/aromatic N) is 1. The van der Waals surface area contributed by atoms with Gasteiger partial charge in [0.1, 0.15) is 5.75 Å². The van der Waals surface area contributed by atoms with Gasteiger partial charge in [-0.15, -0.1) is 0 Å². The Morgan fingerprint density at radius 1 is 0.676 bits per heavy atom. The molecule has 8 rings (SSSR count). The maximum atomic E-state index is 13.9. The molecule has 1 heterocycles. The highest BCUT2D eigenvalue weighted by Crippen LogP contribution is 2.61. The third-order valence-corrected chi connectivity index (χ3v) is 8.02. The number of hydrogen-bond acceptors (Lipinski definition) is 4. The largest absolute Gasteiger partial charge is 0.423 e. The lowest BCUT2D eigenvalue weighted by Gasteiger charge is -2.45. The molecular weight excluding hydrogens is 462 g/mol. The fourth-order valence-electron chi connectivity index (χ4n) is 6.47. The highest BCUT2D eigenvalue weighted by molar-refractivity contribution is 6.23. The van der Waals surface area contributed by atoms with Crippen LogP contribution in [-0.2, 0) is 9.59 Å². The minimum absolute atomic E-state index is 0.161. The van der Waals surface area contributed by atoms with Crippen molar-refractivity contribution in [3.63, 3.8) is 0 Å². The highest BCUT2D eigenvalue weighted by Gasteiger charge is 2.61. The molecule has 0 saturated carbocycles. The summed E-state index contributed by atoms with van der Waals surface area (Å²) in [6.07, 6.45) is 0. The maximum absolute atomic E-state index is 13.9. The summed E-state index contributed by atoms with van der Waals surface area (Å²) in [5, 5.41) is 0. The van der Waals surface area contributed by atoms with Gasteiger partial charge in [0.05, 0.1) is 23.1 Å². The van der Waals surface area contributed by atoms with E-state index >= 15 is 0 Å². The van der Waals surface area contributed by atoms with Crippen LogP contribution in [-0.4, -0.2) is 17.8 Å². The zero-order valence-corrected chi connectivity index (χ0v) is 20.1. The summed E-state index contributed by atoms with van der Waals surface area (Å²) in [4.78, 5) is 41.9. The van der Waals surface area contributed by atoms with Crippen LogP contribution in [0.3, 0.4) is 0 Å². The smallest absolute Gasteiger partial charge is 0.343 e. The third kappa shape index (κ3) is 3.13. The maximum Gasteiger partial charge on any atom is 0.343 e. The van der Waals surface area contributed by atoms with Crippen LogP contribution in [0.2, 0.25) is 0 Å². The molecule has 1 fully saturated rings. The SMILES string of the molecule is Cc1ccc(C(=O)Oc2cccc(N3C(=O)C4C5c6ccccc6C(c6ccccc65)C4C3=O)c2)cc1. The molecule has 4 aromatic rings. The molecule has 5 heteroatoms. The molecule has 0 radical (unpaired) electrons. The first-order valence-electron chi connectivity index (χ1n) is 12.5. The van der Waals surface area contributed by atoms with E-state index in [1.807, 2.05) is 43.3 Å². The first kappa shape index (κ1) is 21.7. The van der Waals surface area contributed by atoms with E-state index in [-0.39, 0.29) is 29.4 Å². The number of rotatable bonds is 3. The number of carbonyl (C=O) groups is 3. The molecule has 2 amide bonds. The van der Waals surface area contributed by atoms with Crippen LogP contribution in [0.5, 0.6) is 5.75 Å². The molecule has 2 atom stereocenters. The van der Waals surface area contributed by atoms with Crippen LogP contribution < -0.4 is 9.64 Å². The topological polar surface area (TPSA) is 63.7 Å². The van der Waals surface area contributed by atoms with E-state index in [1.54, 1.807) is 36.4 Å². The number of amides is 2. The van der Waals surface area contributed by atoms with Crippen molar-refractivity contribution in [2.24, 2.45) is 11.8 Å². The quantitative estimate of drug-likeness (QED) is 0.215. The van der Waals surface area contributed by atoms with Crippen LogP contribution in [0.25, 0.3) is 0 Å². The minimum Gasteiger partial charge on any atom is -0.423 e. The van der Waals surface area contributed by atoms with Gasteiger partial charge in [0.25, 0.3) is 0 Å². The van der Waals surface area contributed by atoms with Crippen molar-refractivity contribution in [1.82, 2.24) is 0 Å². The molecule has 2 unspecified atom stereocenters. The lowest BCUT2D eigenvalue weighted by molar-refractivity contribution is -0.122. The van der Waals surface area contributed by atoms with Gasteiger partial charge in [0, 0.05) is 17.9 Å². The molecule has 4 aliphatic rings. The Morgan fingerprint density at radius 3 is 1.70 bits per heavy atom. The summed E-state index contributed by atoms with van der Waals surface area (Å²) >= 11 is 0. The van der Waals surface area contributed by atoms with Gasteiger partial charge in [-0.1, -0.05) is 72.3 Å². The van der Waals surface area contributed by atoms with Crippen molar-refractivity contribution in [3.05, 3.63) is 130 Å². The lowest BCUT2D eigenvalue weighted by atomic mass is 9.55. The van der Waals surface area contributed by atoms with E-state index in [0.29, 0.717) is 11.3 Å². The van der Waals surface area contributed by atoms with Crippen LogP contribution in [0, 0.1) is 18.8 Å². The second-order valence-corrected chi connectivity index (χ2v) is 10.0. The zero-order valence-electron chi connectivity index (χ0n) is 20.1. The van der Waals surface area contributed by atoms with E-state index in [4.69, 9.17) is 4.74 Å². The van der Waals surface area contributed by atoms with E-state index in [0.717, 1.165) is 27.8 Å². The summed E-state index contributed by atoms with van der Waals surface area (Å²) in [5.41, 5.74) is 6.44. The molecule has 5 nitrogen and oxygen atoms in total. The number of hydrogen-bond donors (Lipinski definition) is 0. The molecule has 1 saturated heterocycles. The van der Waals surface area contributed by atoms with E-state index < -0.39 is 17.8 Å². The Balaban J connectivity index is 1.25. The normalized spacial score (nSPS) is 22.9. The number of aryl methyl sites for hydroxylation is 1. The lowest BCUT2D eigenvalue weighted by Crippen LogP contribution is -2.41. The van der Waals surface area contributed by atoms with Crippen molar-refractivity contribution in [2.45, 2.75) is 18.8 Å². The van der Waals surface area contributed by atoms with Crippen molar-refractivity contribution in [3.8, 4) is 5.75 Å². The molecule has 37 heavy (non-hydrogen) atoms. The van der Waals surface area contributed by atoms with Gasteiger partial charge in [0.15, 0.2) is 0 Å². The van der Waals surface area contributed by atoms with Crippen LogP contribution in [0.15, 0.2) is 97.1 Å². The molecular formula is C32H23NO4. The van der Waals surface area contributed by atoms with E-state index in [9.17, 15) is 14.4 Å². The second-order valence-electron chi connectivity index (χ2n) is 10.0. The number of benzene rings is 4. The third-order valence-electron chi connectivity index (χ3n) is 8.02. The van der Waals surface area contributed by atoms with Gasteiger partial charge in [0.2, 0.25) is 11.8 Å². The van der Waals surface area contributed by atoms with Gasteiger partial charge in [-0.3, -0.25) is 9.59 Å². The zero-order chi connectivity index (χ0) is 25.3. The Hall–Kier alpha value is -4.51. The predicted octanol–water partition coefficient (Wildman–Crippen LogP) is 5.61. The molecule has 180 valence electrons. The van der Waals surface area contributed by atoms with Crippen molar-refractivity contribution >= 4 is 23.5 Å². The van der Waals surface area contributed by atoms with Crippen molar-refractivity contribution in [2.75, 3.05) is 4.90 Å². The van der Waals surface area contributed by atoms with E-state index in [1.165, 1.54) is 4.90 Å². The highest BCUT2D eigenvalue weighted by atomic mass is 16.5. The van der Waals surface area contributed by atoms with Crippen LogP contribution >= 0.6 is 0 Å². The van der Waals surface area contributed by atoms with Crippen molar-refractivity contribution < 1.29 is 19.1 Å². The first-order chi connectivity index (χ1) is 18.0. The molecule has 0 aromatic heterocycles. The molecule has 2 bridgehead atoms. The summed E-state index contributed by atoms with van der Waals surface area (Å²) in [6, 6.07) is 30.2. The standard InChI is InChI=1S/C32H23NO4/c1-18-13-15-19(16-14-18)32(36)37-21-8-6-7-20(17-21)33-30(34)28-26-22-9-2-3-10-23(22)27(29(28)31(33)35)25-12-5-4-11-24(25)26/h2-17,26-29H,1H3. The summed E-state index contributed by atoms with van der Waals surface area (Å²) in [5.74, 6) is -1.84. The fourth-order valence-corrected chi connectivity index (χ4v) is 6.47. The number of carbonyl (C=O) groups excluding carboxylic acids is 3. The molecule has 4 aromatic carbocycles. The van der Waals surface area contributed by atoms with Gasteiger partial charge in [-0.05, 0) is 53.4 Å². The van der Waals surface area contributed by atoms with Gasteiger partial charge in [-0.2, -0.15) is 0 Å². The minimum atomic E-state index is -0.492. The number of anilines is 1. The second kappa shape index (κ2) is 8.00. The molecule has 1 aliphatic heterocycles. The number of imide groups is 1. The average Bonchev–Trinajstić information content (AvgIpc) is 3.19. The van der Waals surface area contributed by atoms with Gasteiger partial charge >= 0.3 is 5.97 Å². The number of esters is 1. The fraction of sp³-hybridized carbons (Fsp3) is 0.156. The van der Waals surface area contributed by atoms with E-state index in [2.05, 4.69) is 24.3 Å². The van der Waals surface area contributed by atoms with Gasteiger partial charge < -0.3 is 4.74 Å². The summed E-state index contributed by atoms with van der Waals surface area (Å²) in [6.45, 7) is 1.95. The van der Waals surface area contributed by atoms with Crippen LogP contribution in [0.1, 0.15) is 50.0 Å². The summed E-state index contributed by atoms with van der Waals surface area (Å²) < 4.78 is 5.60. The average molecular weight is 486 g/mol. The Morgan fingerprint density at radius 2 is 1.19 bits per heavy atom. The molecule has 0 N–H and O–H groups in total. The molecule has 3 aliphatic carbocycles. The van der Waals surface area contributed by atoms with Crippen LogP contribution in [0.4, 0.5) is 5.69 Å². The Kier molecular flexibility index (Phi) is 4.70. The Labute approximate surface area is 214 Å². The first-order valence-corrected chi connectivity index (χ1v) is 12.5. The Bertz CT molecular complexity index is 1490. The van der Waals surface area contributed by atoms with Gasteiger partial charge in [-0.25, -0.2) is 9.69 Å². The molecule has 0 spiro atoms.